The number of nitrogens with zero attached hydrogens (tertiary/aromatic N) is 1. The summed E-state index contributed by atoms with van der Waals surface area (Å²) in [5.74, 6) is -2.36. The number of piperidine rings is 1. The van der Waals surface area contributed by atoms with Gasteiger partial charge in [0.1, 0.15) is 0 Å². The molecule has 2 unspecified atom stereocenters. The van der Waals surface area contributed by atoms with Crippen LogP contribution in [-0.2, 0) is 4.79 Å². The van der Waals surface area contributed by atoms with E-state index in [2.05, 4.69) is 30.0 Å². The highest BCUT2D eigenvalue weighted by Gasteiger charge is 2.33. The van der Waals surface area contributed by atoms with Crippen molar-refractivity contribution in [2.24, 2.45) is 5.73 Å². The molecule has 4 rings (SSSR count). The first-order valence-corrected chi connectivity index (χ1v) is 11.5. The Balaban J connectivity index is 1.88. The van der Waals surface area contributed by atoms with Crippen LogP contribution in [0.4, 0.5) is 5.69 Å². The van der Waals surface area contributed by atoms with Gasteiger partial charge < -0.3 is 15.7 Å². The van der Waals surface area contributed by atoms with E-state index >= 15 is 0 Å². The lowest BCUT2D eigenvalue weighted by Gasteiger charge is -2.35. The van der Waals surface area contributed by atoms with Crippen molar-refractivity contribution in [2.75, 3.05) is 18.0 Å². The summed E-state index contributed by atoms with van der Waals surface area (Å²) < 4.78 is 0. The van der Waals surface area contributed by atoms with Crippen molar-refractivity contribution in [3.8, 4) is 0 Å². The molecule has 170 valence electrons. The lowest BCUT2D eigenvalue weighted by atomic mass is 9.75. The van der Waals surface area contributed by atoms with E-state index in [0.29, 0.717) is 5.56 Å². The zero-order valence-corrected chi connectivity index (χ0v) is 18.9. The SMILES string of the molecule is Cc1ccc(C(c2ccccc2)C(C(N)=O)c2ccc(C(=O)O)cc2)c(N2CCCCC2)c1. The van der Waals surface area contributed by atoms with Gasteiger partial charge in [-0.05, 0) is 66.6 Å². The topological polar surface area (TPSA) is 83.6 Å². The van der Waals surface area contributed by atoms with Crippen LogP contribution in [0.25, 0.3) is 0 Å². The van der Waals surface area contributed by atoms with Crippen LogP contribution in [0.2, 0.25) is 0 Å². The molecule has 2 atom stereocenters. The molecule has 1 fully saturated rings. The predicted octanol–water partition coefficient (Wildman–Crippen LogP) is 5.08. The summed E-state index contributed by atoms with van der Waals surface area (Å²) in [7, 11) is 0. The normalized spacial score (nSPS) is 15.6. The Kier molecular flexibility index (Phi) is 6.78. The molecule has 3 N–H and O–H groups in total. The summed E-state index contributed by atoms with van der Waals surface area (Å²) in [4.78, 5) is 26.7. The largest absolute Gasteiger partial charge is 0.478 e. The summed E-state index contributed by atoms with van der Waals surface area (Å²) in [6, 6.07) is 22.9. The van der Waals surface area contributed by atoms with E-state index in [-0.39, 0.29) is 11.5 Å². The Bertz CT molecular complexity index is 1120. The molecule has 33 heavy (non-hydrogen) atoms. The first kappa shape index (κ1) is 22.6. The number of carboxylic acid groups (broad SMARTS) is 1. The molecule has 3 aromatic carbocycles. The Hall–Kier alpha value is -3.60. The fraction of sp³-hybridized carbons (Fsp3) is 0.286. The van der Waals surface area contributed by atoms with E-state index in [0.717, 1.165) is 42.7 Å². The molecule has 0 aliphatic carbocycles. The van der Waals surface area contributed by atoms with Gasteiger partial charge in [-0.1, -0.05) is 54.6 Å². The number of hydrogen-bond donors (Lipinski definition) is 2. The molecule has 0 bridgehead atoms. The number of primary amides is 1. The molecule has 1 saturated heterocycles. The fourth-order valence-electron chi connectivity index (χ4n) is 4.89. The van der Waals surface area contributed by atoms with Crippen LogP contribution in [-0.4, -0.2) is 30.1 Å². The second kappa shape index (κ2) is 9.90. The van der Waals surface area contributed by atoms with Gasteiger partial charge in [0.25, 0.3) is 0 Å². The summed E-state index contributed by atoms with van der Waals surface area (Å²) >= 11 is 0. The smallest absolute Gasteiger partial charge is 0.335 e. The average molecular weight is 443 g/mol. The van der Waals surface area contributed by atoms with Crippen molar-refractivity contribution in [1.29, 1.82) is 0 Å². The van der Waals surface area contributed by atoms with Crippen LogP contribution in [0.5, 0.6) is 0 Å². The van der Waals surface area contributed by atoms with Crippen LogP contribution in [0, 0.1) is 6.92 Å². The van der Waals surface area contributed by atoms with Crippen molar-refractivity contribution >= 4 is 17.6 Å². The van der Waals surface area contributed by atoms with Gasteiger partial charge in [0.15, 0.2) is 0 Å². The maximum absolute atomic E-state index is 13.0. The number of carbonyl (C=O) groups is 2. The van der Waals surface area contributed by atoms with Gasteiger partial charge in [0.05, 0.1) is 11.5 Å². The Morgan fingerprint density at radius 1 is 0.879 bits per heavy atom. The lowest BCUT2D eigenvalue weighted by Crippen LogP contribution is -2.33. The molecule has 0 radical (unpaired) electrons. The number of aromatic carboxylic acids is 1. The first-order chi connectivity index (χ1) is 16.0. The second-order valence-corrected chi connectivity index (χ2v) is 8.81. The molecule has 1 amide bonds. The standard InChI is InChI=1S/C28H30N2O3/c1-19-10-15-23(24(18-19)30-16-6-3-7-17-30)25(20-8-4-2-5-9-20)26(27(29)31)21-11-13-22(14-12-21)28(32)33/h2,4-5,8-15,18,25-26H,3,6-7,16-17H2,1H3,(H2,29,31)(H,32,33). The van der Waals surface area contributed by atoms with Crippen molar-refractivity contribution in [3.63, 3.8) is 0 Å². The highest BCUT2D eigenvalue weighted by atomic mass is 16.4. The van der Waals surface area contributed by atoms with E-state index in [9.17, 15) is 14.7 Å². The fourth-order valence-corrected chi connectivity index (χ4v) is 4.89. The number of amides is 1. The van der Waals surface area contributed by atoms with Crippen LogP contribution in [0.15, 0.2) is 72.8 Å². The van der Waals surface area contributed by atoms with Crippen LogP contribution < -0.4 is 10.6 Å². The van der Waals surface area contributed by atoms with Crippen LogP contribution in [0.1, 0.15) is 63.7 Å². The maximum Gasteiger partial charge on any atom is 0.335 e. The van der Waals surface area contributed by atoms with E-state index < -0.39 is 17.8 Å². The van der Waals surface area contributed by atoms with Crippen molar-refractivity contribution in [3.05, 3.63) is 101 Å². The molecule has 5 nitrogen and oxygen atoms in total. The molecule has 1 aliphatic rings. The molecule has 1 heterocycles. The summed E-state index contributed by atoms with van der Waals surface area (Å²) in [6.07, 6.45) is 3.54. The highest BCUT2D eigenvalue weighted by Crippen LogP contribution is 2.43. The molecule has 5 heteroatoms. The van der Waals surface area contributed by atoms with Gasteiger partial charge >= 0.3 is 5.97 Å². The number of rotatable bonds is 7. The molecule has 3 aromatic rings. The number of carboxylic acids is 1. The number of benzene rings is 3. The minimum absolute atomic E-state index is 0.183. The monoisotopic (exact) mass is 442 g/mol. The summed E-state index contributed by atoms with van der Waals surface area (Å²) in [6.45, 7) is 4.07. The Morgan fingerprint density at radius 3 is 2.15 bits per heavy atom. The van der Waals surface area contributed by atoms with E-state index in [1.807, 2.05) is 30.3 Å². The van der Waals surface area contributed by atoms with Gasteiger partial charge in [0, 0.05) is 24.7 Å². The van der Waals surface area contributed by atoms with Gasteiger partial charge in [-0.15, -0.1) is 0 Å². The third-order valence-electron chi connectivity index (χ3n) is 6.53. The Morgan fingerprint density at radius 2 is 1.55 bits per heavy atom. The third-order valence-corrected chi connectivity index (χ3v) is 6.53. The maximum atomic E-state index is 13.0. The summed E-state index contributed by atoms with van der Waals surface area (Å²) in [5, 5.41) is 9.30. The number of anilines is 1. The minimum Gasteiger partial charge on any atom is -0.478 e. The molecular weight excluding hydrogens is 412 g/mol. The number of carbonyl (C=O) groups excluding carboxylic acids is 1. The van der Waals surface area contributed by atoms with Gasteiger partial charge in [-0.2, -0.15) is 0 Å². The van der Waals surface area contributed by atoms with Crippen LogP contribution in [0.3, 0.4) is 0 Å². The van der Waals surface area contributed by atoms with Crippen molar-refractivity contribution < 1.29 is 14.7 Å². The summed E-state index contributed by atoms with van der Waals surface area (Å²) in [5.41, 5.74) is 11.3. The highest BCUT2D eigenvalue weighted by molar-refractivity contribution is 5.88. The predicted molar refractivity (Wildman–Crippen MR) is 131 cm³/mol. The van der Waals surface area contributed by atoms with Gasteiger partial charge in [0.2, 0.25) is 5.91 Å². The van der Waals surface area contributed by atoms with E-state index in [1.54, 1.807) is 12.1 Å². The third kappa shape index (κ3) is 4.92. The number of hydrogen-bond acceptors (Lipinski definition) is 3. The molecule has 1 aliphatic heterocycles. The zero-order chi connectivity index (χ0) is 23.4. The molecule has 0 spiro atoms. The van der Waals surface area contributed by atoms with Gasteiger partial charge in [-0.3, -0.25) is 4.79 Å². The van der Waals surface area contributed by atoms with Crippen molar-refractivity contribution in [1.82, 2.24) is 0 Å². The number of nitrogens with two attached hydrogens (primary N) is 1. The first-order valence-electron chi connectivity index (χ1n) is 11.5. The van der Waals surface area contributed by atoms with E-state index in [4.69, 9.17) is 5.73 Å². The minimum atomic E-state index is -0.997. The van der Waals surface area contributed by atoms with Crippen molar-refractivity contribution in [2.45, 2.75) is 38.0 Å². The quantitative estimate of drug-likeness (QED) is 0.534. The number of aryl methyl sites for hydroxylation is 1. The van der Waals surface area contributed by atoms with Crippen LogP contribution >= 0.6 is 0 Å². The van der Waals surface area contributed by atoms with E-state index in [1.165, 1.54) is 24.1 Å². The zero-order valence-electron chi connectivity index (χ0n) is 18.9. The van der Waals surface area contributed by atoms with Gasteiger partial charge in [-0.25, -0.2) is 4.79 Å². The molecule has 0 aromatic heterocycles. The molecule has 0 saturated carbocycles. The second-order valence-electron chi connectivity index (χ2n) is 8.81. The Labute approximate surface area is 194 Å². The lowest BCUT2D eigenvalue weighted by molar-refractivity contribution is -0.119. The molecular formula is C28H30N2O3. The average Bonchev–Trinajstić information content (AvgIpc) is 2.83.